The number of halogens is 1. The van der Waals surface area contributed by atoms with E-state index < -0.39 is 12.0 Å². The number of carboxylic acid groups (broad SMARTS) is 1. The van der Waals surface area contributed by atoms with Gasteiger partial charge in [-0.1, -0.05) is 0 Å². The third-order valence-corrected chi connectivity index (χ3v) is 4.95. The van der Waals surface area contributed by atoms with E-state index in [1.807, 2.05) is 12.1 Å². The molecular weight excluding hydrogens is 338 g/mol. The lowest BCUT2D eigenvalue weighted by Gasteiger charge is -2.12. The molecule has 0 spiro atoms. The average Bonchev–Trinajstić information content (AvgIpc) is 2.68. The van der Waals surface area contributed by atoms with Gasteiger partial charge in [0, 0.05) is 17.6 Å². The SMILES string of the molecule is CC(=O)NC(CCSCc1ccc(Br)s1)C(=O)O. The number of amides is 1. The van der Waals surface area contributed by atoms with Gasteiger partial charge < -0.3 is 10.4 Å². The molecule has 1 aromatic heterocycles. The predicted molar refractivity (Wildman–Crippen MR) is 78.0 cm³/mol. The van der Waals surface area contributed by atoms with Gasteiger partial charge in [-0.15, -0.1) is 11.3 Å². The number of carbonyl (C=O) groups excluding carboxylic acids is 1. The minimum absolute atomic E-state index is 0.311. The van der Waals surface area contributed by atoms with Crippen LogP contribution in [0.4, 0.5) is 0 Å². The highest BCUT2D eigenvalue weighted by Crippen LogP contribution is 2.25. The van der Waals surface area contributed by atoms with Gasteiger partial charge in [0.1, 0.15) is 6.04 Å². The Morgan fingerprint density at radius 3 is 2.78 bits per heavy atom. The van der Waals surface area contributed by atoms with Gasteiger partial charge in [0.15, 0.2) is 0 Å². The molecule has 0 saturated heterocycles. The Labute approximate surface area is 122 Å². The number of nitrogens with one attached hydrogen (secondary N) is 1. The van der Waals surface area contributed by atoms with Crippen molar-refractivity contribution in [1.82, 2.24) is 5.32 Å². The quantitative estimate of drug-likeness (QED) is 0.741. The number of carbonyl (C=O) groups is 2. The maximum absolute atomic E-state index is 10.9. The first-order valence-electron chi connectivity index (χ1n) is 5.31. The highest BCUT2D eigenvalue weighted by molar-refractivity contribution is 9.11. The molecule has 1 aromatic rings. The zero-order chi connectivity index (χ0) is 13.5. The summed E-state index contributed by atoms with van der Waals surface area (Å²) in [5.41, 5.74) is 0. The van der Waals surface area contributed by atoms with Crippen molar-refractivity contribution in [2.75, 3.05) is 5.75 Å². The van der Waals surface area contributed by atoms with Crippen LogP contribution in [0.3, 0.4) is 0 Å². The average molecular weight is 352 g/mol. The van der Waals surface area contributed by atoms with E-state index in [-0.39, 0.29) is 5.91 Å². The molecule has 0 saturated carbocycles. The topological polar surface area (TPSA) is 66.4 Å². The smallest absolute Gasteiger partial charge is 0.326 e. The molecular formula is C11H14BrNO3S2. The fraction of sp³-hybridized carbons (Fsp3) is 0.455. The van der Waals surface area contributed by atoms with Crippen LogP contribution < -0.4 is 5.32 Å². The van der Waals surface area contributed by atoms with Crippen molar-refractivity contribution in [3.8, 4) is 0 Å². The molecule has 0 radical (unpaired) electrons. The summed E-state index contributed by atoms with van der Waals surface area (Å²) in [6.07, 6.45) is 0.437. The lowest BCUT2D eigenvalue weighted by atomic mass is 10.2. The first-order chi connectivity index (χ1) is 8.49. The van der Waals surface area contributed by atoms with Gasteiger partial charge in [0.25, 0.3) is 0 Å². The fourth-order valence-corrected chi connectivity index (χ4v) is 3.91. The van der Waals surface area contributed by atoms with Crippen molar-refractivity contribution in [2.24, 2.45) is 0 Å². The molecule has 18 heavy (non-hydrogen) atoms. The van der Waals surface area contributed by atoms with Crippen LogP contribution in [0.15, 0.2) is 15.9 Å². The van der Waals surface area contributed by atoms with Gasteiger partial charge >= 0.3 is 5.97 Å². The van der Waals surface area contributed by atoms with Crippen LogP contribution in [-0.4, -0.2) is 28.8 Å². The Kier molecular flexibility index (Phi) is 6.73. The van der Waals surface area contributed by atoms with E-state index in [9.17, 15) is 9.59 Å². The summed E-state index contributed by atoms with van der Waals surface area (Å²) in [6.45, 7) is 1.33. The maximum atomic E-state index is 10.9. The summed E-state index contributed by atoms with van der Waals surface area (Å²) in [5.74, 6) is 0.273. The van der Waals surface area contributed by atoms with Crippen LogP contribution in [0.2, 0.25) is 0 Å². The van der Waals surface area contributed by atoms with Crippen LogP contribution in [0, 0.1) is 0 Å². The van der Waals surface area contributed by atoms with E-state index >= 15 is 0 Å². The van der Waals surface area contributed by atoms with Crippen LogP contribution in [-0.2, 0) is 15.3 Å². The van der Waals surface area contributed by atoms with Gasteiger partial charge in [0.05, 0.1) is 3.79 Å². The monoisotopic (exact) mass is 351 g/mol. The van der Waals surface area contributed by atoms with Crippen LogP contribution >= 0.6 is 39.0 Å². The first-order valence-corrected chi connectivity index (χ1v) is 8.07. The molecule has 4 nitrogen and oxygen atoms in total. The van der Waals surface area contributed by atoms with Gasteiger partial charge in [-0.25, -0.2) is 4.79 Å². The second-order valence-corrected chi connectivity index (χ2v) is 7.29. The second-order valence-electron chi connectivity index (χ2n) is 3.64. The van der Waals surface area contributed by atoms with Crippen molar-refractivity contribution in [2.45, 2.75) is 25.1 Å². The second kappa shape index (κ2) is 7.81. The molecule has 1 unspecified atom stereocenters. The summed E-state index contributed by atoms with van der Waals surface area (Å²) in [4.78, 5) is 23.0. The fourth-order valence-electron chi connectivity index (χ4n) is 1.31. The molecule has 0 aliphatic rings. The van der Waals surface area contributed by atoms with Gasteiger partial charge in [-0.2, -0.15) is 11.8 Å². The van der Waals surface area contributed by atoms with E-state index in [1.165, 1.54) is 11.8 Å². The van der Waals surface area contributed by atoms with Crippen molar-refractivity contribution < 1.29 is 14.7 Å². The zero-order valence-corrected chi connectivity index (χ0v) is 13.0. The summed E-state index contributed by atoms with van der Waals surface area (Å²) >= 11 is 6.74. The highest BCUT2D eigenvalue weighted by Gasteiger charge is 2.17. The Balaban J connectivity index is 2.26. The van der Waals surface area contributed by atoms with Crippen molar-refractivity contribution >= 4 is 50.9 Å². The number of carboxylic acids is 1. The molecule has 0 aliphatic carbocycles. The molecule has 1 atom stereocenters. The molecule has 1 heterocycles. The molecule has 1 amide bonds. The molecule has 2 N–H and O–H groups in total. The van der Waals surface area contributed by atoms with E-state index in [0.717, 1.165) is 9.54 Å². The Morgan fingerprint density at radius 1 is 1.56 bits per heavy atom. The van der Waals surface area contributed by atoms with Crippen molar-refractivity contribution in [3.05, 3.63) is 20.8 Å². The molecule has 0 aromatic carbocycles. The van der Waals surface area contributed by atoms with E-state index in [4.69, 9.17) is 5.11 Å². The third kappa shape index (κ3) is 5.88. The number of rotatable bonds is 7. The Morgan fingerprint density at radius 2 is 2.28 bits per heavy atom. The first kappa shape index (κ1) is 15.5. The van der Waals surface area contributed by atoms with E-state index in [1.54, 1.807) is 23.1 Å². The standard InChI is InChI=1S/C11H14BrNO3S2/c1-7(14)13-9(11(15)16)4-5-17-6-8-2-3-10(12)18-8/h2-3,9H,4-6H2,1H3,(H,13,14)(H,15,16). The van der Waals surface area contributed by atoms with E-state index in [2.05, 4.69) is 21.2 Å². The number of hydrogen-bond acceptors (Lipinski definition) is 4. The summed E-state index contributed by atoms with van der Waals surface area (Å²) in [5, 5.41) is 11.3. The Bertz CT molecular complexity index is 422. The largest absolute Gasteiger partial charge is 0.480 e. The number of thioether (sulfide) groups is 1. The number of hydrogen-bond donors (Lipinski definition) is 2. The van der Waals surface area contributed by atoms with Crippen LogP contribution in [0.1, 0.15) is 18.2 Å². The number of thiophene rings is 1. The van der Waals surface area contributed by atoms with Gasteiger partial charge in [-0.3, -0.25) is 4.79 Å². The minimum atomic E-state index is -0.982. The van der Waals surface area contributed by atoms with Crippen LogP contribution in [0.5, 0.6) is 0 Å². The maximum Gasteiger partial charge on any atom is 0.326 e. The number of aliphatic carboxylic acids is 1. The normalized spacial score (nSPS) is 12.1. The highest BCUT2D eigenvalue weighted by atomic mass is 79.9. The van der Waals surface area contributed by atoms with E-state index in [0.29, 0.717) is 12.2 Å². The molecule has 1 rings (SSSR count). The molecule has 100 valence electrons. The third-order valence-electron chi connectivity index (χ3n) is 2.10. The lowest BCUT2D eigenvalue weighted by Crippen LogP contribution is -2.39. The summed E-state index contributed by atoms with van der Waals surface area (Å²) in [7, 11) is 0. The minimum Gasteiger partial charge on any atom is -0.480 e. The van der Waals surface area contributed by atoms with Crippen LogP contribution in [0.25, 0.3) is 0 Å². The molecule has 0 fully saturated rings. The van der Waals surface area contributed by atoms with Gasteiger partial charge in [0.2, 0.25) is 5.91 Å². The van der Waals surface area contributed by atoms with Crippen molar-refractivity contribution in [3.63, 3.8) is 0 Å². The van der Waals surface area contributed by atoms with Gasteiger partial charge in [-0.05, 0) is 40.2 Å². The zero-order valence-electron chi connectivity index (χ0n) is 9.81. The molecule has 7 heteroatoms. The predicted octanol–water partition coefficient (Wildman–Crippen LogP) is 2.72. The lowest BCUT2D eigenvalue weighted by molar-refractivity contribution is -0.141. The Hall–Kier alpha value is -0.530. The van der Waals surface area contributed by atoms with Crippen molar-refractivity contribution in [1.29, 1.82) is 0 Å². The molecule has 0 bridgehead atoms. The molecule has 0 aliphatic heterocycles. The summed E-state index contributed by atoms with van der Waals surface area (Å²) < 4.78 is 1.10. The summed E-state index contributed by atoms with van der Waals surface area (Å²) in [6, 6.07) is 3.26.